The first-order chi connectivity index (χ1) is 10.0. The molecule has 0 saturated carbocycles. The minimum atomic E-state index is -2.88. The van der Waals surface area contributed by atoms with Crippen molar-refractivity contribution in [1.82, 2.24) is 9.80 Å². The SMILES string of the molecule is NCC1(N2CCC(N3CCCCC3)CC2)CCS(=O)(=O)C1. The molecule has 3 fully saturated rings. The van der Waals surface area contributed by atoms with Gasteiger partial charge in [0.05, 0.1) is 11.5 Å². The van der Waals surface area contributed by atoms with Gasteiger partial charge in [0, 0.05) is 31.2 Å². The normalized spacial score (nSPS) is 36.0. The average Bonchev–Trinajstić information content (AvgIpc) is 2.85. The van der Waals surface area contributed by atoms with Gasteiger partial charge in [-0.25, -0.2) is 8.42 Å². The van der Waals surface area contributed by atoms with Crippen LogP contribution in [-0.2, 0) is 9.84 Å². The molecule has 3 rings (SSSR count). The molecule has 21 heavy (non-hydrogen) atoms. The Hall–Kier alpha value is -0.170. The highest BCUT2D eigenvalue weighted by Crippen LogP contribution is 2.32. The number of hydrogen-bond acceptors (Lipinski definition) is 5. The second-order valence-corrected chi connectivity index (χ2v) is 9.27. The molecule has 122 valence electrons. The van der Waals surface area contributed by atoms with Gasteiger partial charge in [-0.05, 0) is 45.2 Å². The van der Waals surface area contributed by atoms with E-state index >= 15 is 0 Å². The van der Waals surface area contributed by atoms with Crippen LogP contribution in [0.4, 0.5) is 0 Å². The standard InChI is InChI=1S/C15H29N3O2S/c16-12-15(6-11-21(19,20)13-15)18-9-4-14(5-10-18)17-7-2-1-3-8-17/h14H,1-13,16H2. The molecule has 3 heterocycles. The zero-order chi connectivity index (χ0) is 14.9. The summed E-state index contributed by atoms with van der Waals surface area (Å²) in [5.74, 6) is 0.584. The molecule has 0 spiro atoms. The van der Waals surface area contributed by atoms with E-state index in [4.69, 9.17) is 5.73 Å². The molecule has 5 nitrogen and oxygen atoms in total. The quantitative estimate of drug-likeness (QED) is 0.819. The monoisotopic (exact) mass is 315 g/mol. The van der Waals surface area contributed by atoms with E-state index in [2.05, 4.69) is 9.80 Å². The molecule has 0 aromatic carbocycles. The van der Waals surface area contributed by atoms with E-state index in [1.807, 2.05) is 0 Å². The van der Waals surface area contributed by atoms with Crippen molar-refractivity contribution in [3.63, 3.8) is 0 Å². The van der Waals surface area contributed by atoms with Crippen molar-refractivity contribution in [2.45, 2.75) is 50.1 Å². The lowest BCUT2D eigenvalue weighted by Crippen LogP contribution is -2.59. The summed E-state index contributed by atoms with van der Waals surface area (Å²) in [6.45, 7) is 4.99. The van der Waals surface area contributed by atoms with Crippen molar-refractivity contribution in [2.75, 3.05) is 44.2 Å². The van der Waals surface area contributed by atoms with Gasteiger partial charge >= 0.3 is 0 Å². The van der Waals surface area contributed by atoms with E-state index in [0.717, 1.165) is 19.5 Å². The fourth-order valence-electron chi connectivity index (χ4n) is 4.43. The highest BCUT2D eigenvalue weighted by molar-refractivity contribution is 7.91. The minimum Gasteiger partial charge on any atom is -0.329 e. The number of nitrogens with two attached hydrogens (primary N) is 1. The Morgan fingerprint density at radius 3 is 2.24 bits per heavy atom. The van der Waals surface area contributed by atoms with Crippen molar-refractivity contribution in [2.24, 2.45) is 5.73 Å². The maximum atomic E-state index is 11.9. The van der Waals surface area contributed by atoms with Crippen molar-refractivity contribution < 1.29 is 8.42 Å². The van der Waals surface area contributed by atoms with Gasteiger partial charge in [-0.15, -0.1) is 0 Å². The summed E-state index contributed by atoms with van der Waals surface area (Å²) >= 11 is 0. The van der Waals surface area contributed by atoms with E-state index < -0.39 is 9.84 Å². The van der Waals surface area contributed by atoms with E-state index in [-0.39, 0.29) is 11.3 Å². The van der Waals surface area contributed by atoms with Crippen molar-refractivity contribution in [1.29, 1.82) is 0 Å². The Labute approximate surface area is 128 Å². The first-order valence-corrected chi connectivity index (χ1v) is 10.3. The zero-order valence-electron chi connectivity index (χ0n) is 13.0. The van der Waals surface area contributed by atoms with Gasteiger partial charge in [0.1, 0.15) is 0 Å². The van der Waals surface area contributed by atoms with Gasteiger partial charge in [-0.3, -0.25) is 4.90 Å². The average molecular weight is 315 g/mol. The molecule has 0 aliphatic carbocycles. The third kappa shape index (κ3) is 3.28. The second kappa shape index (κ2) is 6.14. The lowest BCUT2D eigenvalue weighted by Gasteiger charge is -2.46. The van der Waals surface area contributed by atoms with Crippen LogP contribution in [0.5, 0.6) is 0 Å². The van der Waals surface area contributed by atoms with Crippen LogP contribution in [0.15, 0.2) is 0 Å². The predicted octanol–water partition coefficient (Wildman–Crippen LogP) is 0.453. The second-order valence-electron chi connectivity index (χ2n) is 7.09. The molecule has 3 saturated heterocycles. The fraction of sp³-hybridized carbons (Fsp3) is 1.00. The molecular weight excluding hydrogens is 286 g/mol. The Kier molecular flexibility index (Phi) is 4.60. The Morgan fingerprint density at radius 1 is 1.05 bits per heavy atom. The Balaban J connectivity index is 1.59. The van der Waals surface area contributed by atoms with Crippen LogP contribution in [0.25, 0.3) is 0 Å². The maximum absolute atomic E-state index is 11.9. The number of nitrogens with zero attached hydrogens (tertiary/aromatic N) is 2. The predicted molar refractivity (Wildman–Crippen MR) is 85.1 cm³/mol. The summed E-state index contributed by atoms with van der Waals surface area (Å²) in [5, 5.41) is 0. The van der Waals surface area contributed by atoms with Gasteiger partial charge in [0.15, 0.2) is 9.84 Å². The summed E-state index contributed by atoms with van der Waals surface area (Å²) in [4.78, 5) is 5.04. The molecular formula is C15H29N3O2S. The van der Waals surface area contributed by atoms with E-state index in [9.17, 15) is 8.42 Å². The Morgan fingerprint density at radius 2 is 1.71 bits per heavy atom. The van der Waals surface area contributed by atoms with Crippen LogP contribution in [0, 0.1) is 0 Å². The highest BCUT2D eigenvalue weighted by atomic mass is 32.2. The lowest BCUT2D eigenvalue weighted by atomic mass is 9.91. The summed E-state index contributed by atoms with van der Waals surface area (Å²) in [6, 6.07) is 0.703. The molecule has 3 aliphatic heterocycles. The summed E-state index contributed by atoms with van der Waals surface area (Å²) in [6.07, 6.45) is 7.11. The van der Waals surface area contributed by atoms with E-state index in [0.29, 0.717) is 18.3 Å². The lowest BCUT2D eigenvalue weighted by molar-refractivity contribution is 0.0400. The summed E-state index contributed by atoms with van der Waals surface area (Å²) in [7, 11) is -2.88. The molecule has 3 aliphatic rings. The zero-order valence-corrected chi connectivity index (χ0v) is 13.8. The summed E-state index contributed by atoms with van der Waals surface area (Å²) < 4.78 is 23.7. The molecule has 6 heteroatoms. The third-order valence-corrected chi connectivity index (χ3v) is 7.59. The van der Waals surface area contributed by atoms with Crippen molar-refractivity contribution >= 4 is 9.84 Å². The molecule has 0 aromatic rings. The minimum absolute atomic E-state index is 0.269. The van der Waals surface area contributed by atoms with Crippen LogP contribution < -0.4 is 5.73 Å². The van der Waals surface area contributed by atoms with Gasteiger partial charge in [-0.1, -0.05) is 6.42 Å². The first-order valence-electron chi connectivity index (χ1n) is 8.44. The molecule has 2 N–H and O–H groups in total. The van der Waals surface area contributed by atoms with Gasteiger partial charge in [0.25, 0.3) is 0 Å². The maximum Gasteiger partial charge on any atom is 0.152 e. The smallest absolute Gasteiger partial charge is 0.152 e. The Bertz CT molecular complexity index is 454. The number of rotatable bonds is 3. The fourth-order valence-corrected chi connectivity index (χ4v) is 6.53. The first kappa shape index (κ1) is 15.7. The largest absolute Gasteiger partial charge is 0.329 e. The van der Waals surface area contributed by atoms with Crippen LogP contribution in [0.3, 0.4) is 0 Å². The van der Waals surface area contributed by atoms with Gasteiger partial charge in [-0.2, -0.15) is 0 Å². The van der Waals surface area contributed by atoms with Crippen LogP contribution in [0.1, 0.15) is 38.5 Å². The number of hydrogen-bond donors (Lipinski definition) is 1. The van der Waals surface area contributed by atoms with Crippen LogP contribution in [-0.4, -0.2) is 74.0 Å². The van der Waals surface area contributed by atoms with Crippen molar-refractivity contribution in [3.05, 3.63) is 0 Å². The topological polar surface area (TPSA) is 66.6 Å². The van der Waals surface area contributed by atoms with E-state index in [1.54, 1.807) is 0 Å². The molecule has 1 atom stereocenters. The number of piperidine rings is 2. The highest BCUT2D eigenvalue weighted by Gasteiger charge is 2.46. The molecule has 1 unspecified atom stereocenters. The molecule has 0 aromatic heterocycles. The number of sulfone groups is 1. The summed E-state index contributed by atoms with van der Waals surface area (Å²) in [5.41, 5.74) is 5.71. The van der Waals surface area contributed by atoms with Crippen LogP contribution in [0.2, 0.25) is 0 Å². The third-order valence-electron chi connectivity index (χ3n) is 5.79. The van der Waals surface area contributed by atoms with Gasteiger partial charge in [0.2, 0.25) is 0 Å². The molecule has 0 radical (unpaired) electrons. The van der Waals surface area contributed by atoms with Gasteiger partial charge < -0.3 is 10.6 Å². The molecule has 0 amide bonds. The van der Waals surface area contributed by atoms with Crippen molar-refractivity contribution in [3.8, 4) is 0 Å². The van der Waals surface area contributed by atoms with Crippen LogP contribution >= 0.6 is 0 Å². The van der Waals surface area contributed by atoms with E-state index in [1.165, 1.54) is 45.2 Å². The number of likely N-dealkylation sites (tertiary alicyclic amines) is 2. The molecule has 0 bridgehead atoms.